The van der Waals surface area contributed by atoms with E-state index in [1.54, 1.807) is 19.1 Å². The third kappa shape index (κ3) is 3.46. The fourth-order valence-electron chi connectivity index (χ4n) is 2.47. The summed E-state index contributed by atoms with van der Waals surface area (Å²) in [5.74, 6) is 0.0658. The average Bonchev–Trinajstić information content (AvgIpc) is 2.95. The summed E-state index contributed by atoms with van der Waals surface area (Å²) in [6, 6.07) is 19.6. The third-order valence-electron chi connectivity index (χ3n) is 3.70. The summed E-state index contributed by atoms with van der Waals surface area (Å²) in [6.07, 6.45) is 3.91. The van der Waals surface area contributed by atoms with Gasteiger partial charge in [0.2, 0.25) is 0 Å². The van der Waals surface area contributed by atoms with Gasteiger partial charge in [-0.3, -0.25) is 9.79 Å². The Morgan fingerprint density at radius 1 is 1.04 bits per heavy atom. The first kappa shape index (κ1) is 15.0. The lowest BCUT2D eigenvalue weighted by Gasteiger charge is -2.04. The van der Waals surface area contributed by atoms with Crippen molar-refractivity contribution in [2.24, 2.45) is 4.99 Å². The summed E-state index contributed by atoms with van der Waals surface area (Å²) in [7, 11) is 0. The van der Waals surface area contributed by atoms with E-state index in [1.165, 1.54) is 0 Å². The van der Waals surface area contributed by atoms with Gasteiger partial charge in [-0.05, 0) is 56.3 Å². The molecule has 1 heterocycles. The SMILES string of the molecule is CC(=O)c1ccc(N=Cc2cc(C)n(-c3ccccc3)c2)cc1. The van der Waals surface area contributed by atoms with Gasteiger partial charge in [0.15, 0.2) is 5.78 Å². The highest BCUT2D eigenvalue weighted by atomic mass is 16.1. The second kappa shape index (κ2) is 6.44. The minimum absolute atomic E-state index is 0.0658. The third-order valence-corrected chi connectivity index (χ3v) is 3.70. The number of aliphatic imine (C=N–C) groups is 1. The van der Waals surface area contributed by atoms with E-state index >= 15 is 0 Å². The van der Waals surface area contributed by atoms with Gasteiger partial charge in [-0.15, -0.1) is 0 Å². The lowest BCUT2D eigenvalue weighted by atomic mass is 10.1. The summed E-state index contributed by atoms with van der Waals surface area (Å²) in [5.41, 5.74) is 4.87. The number of carbonyl (C=O) groups excluding carboxylic acids is 1. The van der Waals surface area contributed by atoms with Crippen LogP contribution in [0.25, 0.3) is 5.69 Å². The molecule has 0 aliphatic heterocycles. The van der Waals surface area contributed by atoms with Crippen LogP contribution in [0.3, 0.4) is 0 Å². The summed E-state index contributed by atoms with van der Waals surface area (Å²) < 4.78 is 2.14. The highest BCUT2D eigenvalue weighted by Crippen LogP contribution is 2.16. The molecule has 0 radical (unpaired) electrons. The van der Waals surface area contributed by atoms with Crippen LogP contribution in [-0.2, 0) is 0 Å². The summed E-state index contributed by atoms with van der Waals surface area (Å²) >= 11 is 0. The zero-order chi connectivity index (χ0) is 16.2. The quantitative estimate of drug-likeness (QED) is 0.506. The van der Waals surface area contributed by atoms with E-state index in [9.17, 15) is 4.79 Å². The van der Waals surface area contributed by atoms with Crippen molar-refractivity contribution in [3.63, 3.8) is 0 Å². The smallest absolute Gasteiger partial charge is 0.159 e. The molecule has 3 rings (SSSR count). The molecular formula is C20H18N2O. The van der Waals surface area contributed by atoms with Crippen molar-refractivity contribution < 1.29 is 4.79 Å². The van der Waals surface area contributed by atoms with Gasteiger partial charge in [0, 0.05) is 34.9 Å². The van der Waals surface area contributed by atoms with Gasteiger partial charge < -0.3 is 4.57 Å². The molecule has 2 aromatic carbocycles. The number of rotatable bonds is 4. The van der Waals surface area contributed by atoms with E-state index < -0.39 is 0 Å². The molecular weight excluding hydrogens is 284 g/mol. The van der Waals surface area contributed by atoms with Gasteiger partial charge in [-0.25, -0.2) is 0 Å². The van der Waals surface area contributed by atoms with Crippen molar-refractivity contribution in [2.45, 2.75) is 13.8 Å². The number of aryl methyl sites for hydroxylation is 1. The Labute approximate surface area is 135 Å². The molecule has 0 N–H and O–H groups in total. The first-order valence-corrected chi connectivity index (χ1v) is 7.53. The molecule has 0 aliphatic carbocycles. The second-order valence-electron chi connectivity index (χ2n) is 5.48. The van der Waals surface area contributed by atoms with E-state index in [1.807, 2.05) is 36.5 Å². The Morgan fingerprint density at radius 3 is 2.39 bits per heavy atom. The average molecular weight is 302 g/mol. The van der Waals surface area contributed by atoms with Gasteiger partial charge in [-0.2, -0.15) is 0 Å². The van der Waals surface area contributed by atoms with Crippen LogP contribution in [-0.4, -0.2) is 16.6 Å². The molecule has 0 aliphatic rings. The zero-order valence-corrected chi connectivity index (χ0v) is 13.2. The van der Waals surface area contributed by atoms with Crippen LogP contribution in [0.5, 0.6) is 0 Å². The molecule has 0 amide bonds. The fraction of sp³-hybridized carbons (Fsp3) is 0.100. The van der Waals surface area contributed by atoms with Crippen molar-refractivity contribution in [1.29, 1.82) is 0 Å². The summed E-state index contributed by atoms with van der Waals surface area (Å²) in [4.78, 5) is 15.7. The highest BCUT2D eigenvalue weighted by Gasteiger charge is 2.02. The molecule has 3 heteroatoms. The van der Waals surface area contributed by atoms with Crippen LogP contribution in [0, 0.1) is 6.92 Å². The maximum atomic E-state index is 11.3. The van der Waals surface area contributed by atoms with Crippen molar-refractivity contribution in [2.75, 3.05) is 0 Å². The van der Waals surface area contributed by atoms with Crippen LogP contribution in [0.2, 0.25) is 0 Å². The van der Waals surface area contributed by atoms with E-state index in [4.69, 9.17) is 0 Å². The standard InChI is InChI=1S/C20H18N2O/c1-15-12-17(14-22(15)20-6-4-3-5-7-20)13-21-19-10-8-18(9-11-19)16(2)23/h3-14H,1-2H3. The van der Waals surface area contributed by atoms with Crippen LogP contribution < -0.4 is 0 Å². The Morgan fingerprint density at radius 2 is 1.74 bits per heavy atom. The van der Waals surface area contributed by atoms with Crippen molar-refractivity contribution in [1.82, 2.24) is 4.57 Å². The number of benzene rings is 2. The van der Waals surface area contributed by atoms with Crippen LogP contribution >= 0.6 is 0 Å². The number of para-hydroxylation sites is 1. The minimum Gasteiger partial charge on any atom is -0.321 e. The molecule has 0 saturated carbocycles. The van der Waals surface area contributed by atoms with E-state index in [-0.39, 0.29) is 5.78 Å². The van der Waals surface area contributed by atoms with Gasteiger partial charge >= 0.3 is 0 Å². The Bertz CT molecular complexity index is 843. The Hall–Kier alpha value is -2.94. The maximum Gasteiger partial charge on any atom is 0.159 e. The van der Waals surface area contributed by atoms with Gasteiger partial charge in [0.1, 0.15) is 0 Å². The molecule has 3 aromatic rings. The zero-order valence-electron chi connectivity index (χ0n) is 13.2. The molecule has 0 atom stereocenters. The minimum atomic E-state index is 0.0658. The van der Waals surface area contributed by atoms with E-state index in [0.29, 0.717) is 5.56 Å². The maximum absolute atomic E-state index is 11.3. The Kier molecular flexibility index (Phi) is 4.20. The first-order chi connectivity index (χ1) is 11.1. The van der Waals surface area contributed by atoms with Crippen LogP contribution in [0.15, 0.2) is 71.9 Å². The number of hydrogen-bond donors (Lipinski definition) is 0. The predicted molar refractivity (Wildman–Crippen MR) is 94.2 cm³/mol. The second-order valence-corrected chi connectivity index (χ2v) is 5.48. The van der Waals surface area contributed by atoms with Gasteiger partial charge in [0.05, 0.1) is 5.69 Å². The van der Waals surface area contributed by atoms with E-state index in [0.717, 1.165) is 22.6 Å². The molecule has 0 saturated heterocycles. The number of Topliss-reactive ketones (excluding diaryl/α,β-unsaturated/α-hetero) is 1. The molecule has 0 fully saturated rings. The largest absolute Gasteiger partial charge is 0.321 e. The van der Waals surface area contributed by atoms with Crippen molar-refractivity contribution >= 4 is 17.7 Å². The predicted octanol–water partition coefficient (Wildman–Crippen LogP) is 4.74. The normalized spacial score (nSPS) is 11.0. The monoisotopic (exact) mass is 302 g/mol. The van der Waals surface area contributed by atoms with Gasteiger partial charge in [0.25, 0.3) is 0 Å². The first-order valence-electron chi connectivity index (χ1n) is 7.53. The number of aromatic nitrogens is 1. The molecule has 0 unspecified atom stereocenters. The molecule has 3 nitrogen and oxygen atoms in total. The lowest BCUT2D eigenvalue weighted by Crippen LogP contribution is -1.93. The fourth-order valence-corrected chi connectivity index (χ4v) is 2.47. The molecule has 114 valence electrons. The molecule has 23 heavy (non-hydrogen) atoms. The topological polar surface area (TPSA) is 34.4 Å². The number of ketones is 1. The molecule has 0 bridgehead atoms. The summed E-state index contributed by atoms with van der Waals surface area (Å²) in [5, 5.41) is 0. The van der Waals surface area contributed by atoms with Gasteiger partial charge in [-0.1, -0.05) is 18.2 Å². The molecule has 1 aromatic heterocycles. The highest BCUT2D eigenvalue weighted by molar-refractivity contribution is 5.94. The summed E-state index contributed by atoms with van der Waals surface area (Å²) in [6.45, 7) is 3.64. The van der Waals surface area contributed by atoms with Crippen LogP contribution in [0.4, 0.5) is 5.69 Å². The van der Waals surface area contributed by atoms with Crippen molar-refractivity contribution in [3.8, 4) is 5.69 Å². The number of carbonyl (C=O) groups is 1. The van der Waals surface area contributed by atoms with Crippen LogP contribution in [0.1, 0.15) is 28.5 Å². The molecule has 0 spiro atoms. The number of nitrogens with zero attached hydrogens (tertiary/aromatic N) is 2. The van der Waals surface area contributed by atoms with Crippen molar-refractivity contribution in [3.05, 3.63) is 83.7 Å². The van der Waals surface area contributed by atoms with E-state index in [2.05, 4.69) is 40.9 Å². The Balaban J connectivity index is 1.82. The number of hydrogen-bond acceptors (Lipinski definition) is 2. The lowest BCUT2D eigenvalue weighted by molar-refractivity contribution is 0.101.